The van der Waals surface area contributed by atoms with Gasteiger partial charge in [-0.05, 0) is 49.4 Å². The molecule has 0 aliphatic heterocycles. The first-order valence-electron chi connectivity index (χ1n) is 6.24. The lowest BCUT2D eigenvalue weighted by Gasteiger charge is -2.32. The van der Waals surface area contributed by atoms with Crippen LogP contribution in [-0.4, -0.2) is 24.3 Å². The van der Waals surface area contributed by atoms with Gasteiger partial charge in [0, 0.05) is 12.6 Å². The number of nitrogens with one attached hydrogen (secondary N) is 1. The maximum atomic E-state index is 8.82. The molecule has 3 aliphatic rings. The number of aliphatic hydroxyl groups is 1. The number of hydrogen-bond acceptors (Lipinski definition) is 2. The van der Waals surface area contributed by atoms with Crippen molar-refractivity contribution in [3.63, 3.8) is 0 Å². The summed E-state index contributed by atoms with van der Waals surface area (Å²) >= 11 is 0. The van der Waals surface area contributed by atoms with Gasteiger partial charge < -0.3 is 10.4 Å². The van der Waals surface area contributed by atoms with E-state index in [1.54, 1.807) is 0 Å². The van der Waals surface area contributed by atoms with E-state index in [1.807, 2.05) is 0 Å². The molecule has 0 aromatic rings. The number of fused-ring (bicyclic) bond motifs is 5. The molecule has 80 valence electrons. The summed E-state index contributed by atoms with van der Waals surface area (Å²) in [6, 6.07) is 0.742. The average molecular weight is 195 g/mol. The van der Waals surface area contributed by atoms with Crippen molar-refractivity contribution < 1.29 is 5.11 Å². The SMILES string of the molecule is OCCN[C@H]1C[C@H]2C[C@H]1[C@@H]1CCC[C@@H]21. The van der Waals surface area contributed by atoms with E-state index >= 15 is 0 Å². The quantitative estimate of drug-likeness (QED) is 0.713. The molecule has 0 saturated heterocycles. The highest BCUT2D eigenvalue weighted by molar-refractivity contribution is 5.05. The van der Waals surface area contributed by atoms with Gasteiger partial charge in [-0.2, -0.15) is 0 Å². The van der Waals surface area contributed by atoms with E-state index in [9.17, 15) is 0 Å². The molecule has 3 rings (SSSR count). The molecular formula is C12H21NO. The molecule has 2 N–H and O–H groups in total. The van der Waals surface area contributed by atoms with Crippen LogP contribution in [0.5, 0.6) is 0 Å². The van der Waals surface area contributed by atoms with Crippen LogP contribution in [0.15, 0.2) is 0 Å². The lowest BCUT2D eigenvalue weighted by atomic mass is 9.79. The molecule has 3 aliphatic carbocycles. The van der Waals surface area contributed by atoms with Crippen LogP contribution in [0, 0.1) is 23.7 Å². The minimum absolute atomic E-state index is 0.294. The Hall–Kier alpha value is -0.0800. The van der Waals surface area contributed by atoms with Crippen LogP contribution in [0.3, 0.4) is 0 Å². The molecule has 5 atom stereocenters. The van der Waals surface area contributed by atoms with Crippen molar-refractivity contribution in [1.29, 1.82) is 0 Å². The highest BCUT2D eigenvalue weighted by Crippen LogP contribution is 2.58. The van der Waals surface area contributed by atoms with Gasteiger partial charge in [-0.3, -0.25) is 0 Å². The smallest absolute Gasteiger partial charge is 0.0556 e. The molecule has 0 amide bonds. The fourth-order valence-corrected chi connectivity index (χ4v) is 4.55. The van der Waals surface area contributed by atoms with Crippen LogP contribution in [0.2, 0.25) is 0 Å². The Morgan fingerprint density at radius 3 is 2.79 bits per heavy atom. The number of aliphatic hydroxyl groups excluding tert-OH is 1. The fraction of sp³-hybridized carbons (Fsp3) is 1.00. The molecule has 0 spiro atoms. The summed E-state index contributed by atoms with van der Waals surface area (Å²) in [5.41, 5.74) is 0. The average Bonchev–Trinajstić information content (AvgIpc) is 2.85. The van der Waals surface area contributed by atoms with Crippen LogP contribution >= 0.6 is 0 Å². The second-order valence-electron chi connectivity index (χ2n) is 5.44. The molecule has 2 bridgehead atoms. The molecule has 0 aromatic heterocycles. The summed E-state index contributed by atoms with van der Waals surface area (Å²) in [6.07, 6.45) is 7.36. The Balaban J connectivity index is 1.65. The second kappa shape index (κ2) is 3.49. The van der Waals surface area contributed by atoms with E-state index in [4.69, 9.17) is 5.11 Å². The molecule has 2 nitrogen and oxygen atoms in total. The summed E-state index contributed by atoms with van der Waals surface area (Å²) in [7, 11) is 0. The summed E-state index contributed by atoms with van der Waals surface area (Å²) in [5, 5.41) is 12.3. The Labute approximate surface area is 86.1 Å². The van der Waals surface area contributed by atoms with Gasteiger partial charge in [-0.15, -0.1) is 0 Å². The highest BCUT2D eigenvalue weighted by Gasteiger charge is 2.53. The Morgan fingerprint density at radius 1 is 1.07 bits per heavy atom. The van der Waals surface area contributed by atoms with E-state index < -0.39 is 0 Å². The maximum absolute atomic E-state index is 8.82. The normalized spacial score (nSPS) is 49.9. The van der Waals surface area contributed by atoms with Crippen molar-refractivity contribution in [3.8, 4) is 0 Å². The monoisotopic (exact) mass is 195 g/mol. The predicted molar refractivity (Wildman–Crippen MR) is 55.9 cm³/mol. The van der Waals surface area contributed by atoms with Gasteiger partial charge in [0.1, 0.15) is 0 Å². The highest BCUT2D eigenvalue weighted by atomic mass is 16.3. The molecule has 0 unspecified atom stereocenters. The summed E-state index contributed by atoms with van der Waals surface area (Å²) in [5.74, 6) is 4.12. The summed E-state index contributed by atoms with van der Waals surface area (Å²) in [4.78, 5) is 0. The summed E-state index contributed by atoms with van der Waals surface area (Å²) < 4.78 is 0. The van der Waals surface area contributed by atoms with Crippen molar-refractivity contribution in [3.05, 3.63) is 0 Å². The molecule has 3 fully saturated rings. The van der Waals surface area contributed by atoms with Crippen LogP contribution in [0.1, 0.15) is 32.1 Å². The zero-order valence-electron chi connectivity index (χ0n) is 8.78. The Morgan fingerprint density at radius 2 is 1.93 bits per heavy atom. The lowest BCUT2D eigenvalue weighted by Crippen LogP contribution is -2.40. The van der Waals surface area contributed by atoms with E-state index in [1.165, 1.54) is 32.1 Å². The van der Waals surface area contributed by atoms with Gasteiger partial charge in [-0.25, -0.2) is 0 Å². The van der Waals surface area contributed by atoms with Crippen LogP contribution in [-0.2, 0) is 0 Å². The Bertz CT molecular complexity index is 218. The van der Waals surface area contributed by atoms with Crippen molar-refractivity contribution in [2.45, 2.75) is 38.1 Å². The molecule has 2 heteroatoms. The lowest BCUT2D eigenvalue weighted by molar-refractivity contribution is 0.197. The Kier molecular flexibility index (Phi) is 2.29. The van der Waals surface area contributed by atoms with Gasteiger partial charge in [0.15, 0.2) is 0 Å². The molecule has 3 saturated carbocycles. The first kappa shape index (κ1) is 9.17. The zero-order valence-corrected chi connectivity index (χ0v) is 8.78. The van der Waals surface area contributed by atoms with Crippen molar-refractivity contribution in [2.75, 3.05) is 13.2 Å². The molecular weight excluding hydrogens is 174 g/mol. The minimum atomic E-state index is 0.294. The largest absolute Gasteiger partial charge is 0.395 e. The van der Waals surface area contributed by atoms with Gasteiger partial charge in [0.05, 0.1) is 6.61 Å². The van der Waals surface area contributed by atoms with Gasteiger partial charge in [-0.1, -0.05) is 6.42 Å². The standard InChI is InChI=1S/C12H21NO/c14-5-4-13-12-7-8-6-11(12)10-3-1-2-9(8)10/h8-14H,1-7H2/t8-,9+,10-,11+,12+/m1/s1. The van der Waals surface area contributed by atoms with Crippen molar-refractivity contribution >= 4 is 0 Å². The minimum Gasteiger partial charge on any atom is -0.395 e. The van der Waals surface area contributed by atoms with E-state index in [0.717, 1.165) is 36.3 Å². The summed E-state index contributed by atoms with van der Waals surface area (Å²) in [6.45, 7) is 1.09. The zero-order chi connectivity index (χ0) is 9.54. The number of rotatable bonds is 3. The van der Waals surface area contributed by atoms with E-state index in [0.29, 0.717) is 6.61 Å². The third-order valence-corrected chi connectivity index (χ3v) is 4.95. The molecule has 0 aromatic carbocycles. The van der Waals surface area contributed by atoms with E-state index in [2.05, 4.69) is 5.32 Å². The van der Waals surface area contributed by atoms with Crippen LogP contribution < -0.4 is 5.32 Å². The molecule has 14 heavy (non-hydrogen) atoms. The van der Waals surface area contributed by atoms with Crippen molar-refractivity contribution in [1.82, 2.24) is 5.32 Å². The second-order valence-corrected chi connectivity index (χ2v) is 5.44. The van der Waals surface area contributed by atoms with Gasteiger partial charge in [0.2, 0.25) is 0 Å². The fourth-order valence-electron chi connectivity index (χ4n) is 4.55. The topological polar surface area (TPSA) is 32.3 Å². The van der Waals surface area contributed by atoms with Crippen LogP contribution in [0.4, 0.5) is 0 Å². The van der Waals surface area contributed by atoms with Gasteiger partial charge >= 0.3 is 0 Å². The first-order chi connectivity index (χ1) is 6.90. The van der Waals surface area contributed by atoms with Crippen LogP contribution in [0.25, 0.3) is 0 Å². The first-order valence-corrected chi connectivity index (χ1v) is 6.24. The van der Waals surface area contributed by atoms with Crippen molar-refractivity contribution in [2.24, 2.45) is 23.7 Å². The maximum Gasteiger partial charge on any atom is 0.0556 e. The third kappa shape index (κ3) is 1.24. The van der Waals surface area contributed by atoms with Gasteiger partial charge in [0.25, 0.3) is 0 Å². The third-order valence-electron chi connectivity index (χ3n) is 4.95. The van der Waals surface area contributed by atoms with E-state index in [-0.39, 0.29) is 0 Å². The predicted octanol–water partition coefficient (Wildman–Crippen LogP) is 1.39. The molecule has 0 radical (unpaired) electrons. The number of hydrogen-bond donors (Lipinski definition) is 2. The molecule has 0 heterocycles.